The van der Waals surface area contributed by atoms with E-state index >= 15 is 0 Å². The molecule has 10 heteroatoms. The minimum atomic E-state index is -1.30. The summed E-state index contributed by atoms with van der Waals surface area (Å²) in [6.07, 6.45) is -4.80. The zero-order chi connectivity index (χ0) is 27.2. The molecule has 1 aliphatic heterocycles. The van der Waals surface area contributed by atoms with Gasteiger partial charge in [-0.05, 0) is 36.4 Å². The van der Waals surface area contributed by atoms with Crippen LogP contribution in [0.25, 0.3) is 0 Å². The number of carbonyl (C=O) groups excluding carboxylic acids is 3. The molecule has 1 aliphatic rings. The first-order chi connectivity index (χ1) is 19.0. The van der Waals surface area contributed by atoms with Crippen LogP contribution in [0.5, 0.6) is 0 Å². The van der Waals surface area contributed by atoms with Gasteiger partial charge in [0.15, 0.2) is 24.4 Å². The highest BCUT2D eigenvalue weighted by Crippen LogP contribution is 2.34. The van der Waals surface area contributed by atoms with Crippen molar-refractivity contribution in [3.05, 3.63) is 119 Å². The molecule has 0 radical (unpaired) electrons. The largest absolute Gasteiger partial charge is 0.452 e. The number of esters is 3. The predicted octanol–water partition coefficient (Wildman–Crippen LogP) is 4.13. The number of nitrogens with zero attached hydrogens (tertiary/aromatic N) is 2. The van der Waals surface area contributed by atoms with Crippen molar-refractivity contribution in [2.75, 3.05) is 6.61 Å². The van der Waals surface area contributed by atoms with E-state index < -0.39 is 42.3 Å². The Morgan fingerprint density at radius 2 is 1.13 bits per heavy atom. The lowest BCUT2D eigenvalue weighted by atomic mass is 9.98. The van der Waals surface area contributed by atoms with Crippen LogP contribution in [0.2, 0.25) is 0 Å². The number of aryl methyl sites for hydroxylation is 1. The molecule has 1 fully saturated rings. The number of benzene rings is 3. The summed E-state index contributed by atoms with van der Waals surface area (Å²) in [6, 6.07) is 24.9. The van der Waals surface area contributed by atoms with Gasteiger partial charge in [-0.2, -0.15) is 0 Å². The summed E-state index contributed by atoms with van der Waals surface area (Å²) >= 11 is 0. The molecular formula is C29H24N2O8. The number of hydrogen-bond donors (Lipinski definition) is 0. The molecule has 0 spiro atoms. The molecule has 0 bridgehead atoms. The average molecular weight is 529 g/mol. The Morgan fingerprint density at radius 1 is 0.667 bits per heavy atom. The zero-order valence-corrected chi connectivity index (χ0v) is 20.8. The Hall–Kier alpha value is -4.83. The molecule has 3 aromatic carbocycles. The van der Waals surface area contributed by atoms with Gasteiger partial charge in [-0.3, -0.25) is 0 Å². The summed E-state index contributed by atoms with van der Waals surface area (Å²) in [5.74, 6) is -1.79. The summed E-state index contributed by atoms with van der Waals surface area (Å²) in [7, 11) is 0. The highest BCUT2D eigenvalue weighted by atomic mass is 16.6. The molecule has 198 valence electrons. The third-order valence-corrected chi connectivity index (χ3v) is 5.99. The van der Waals surface area contributed by atoms with Crippen LogP contribution in [0.15, 0.2) is 95.4 Å². The van der Waals surface area contributed by atoms with Gasteiger partial charge in [-0.1, -0.05) is 54.6 Å². The van der Waals surface area contributed by atoms with E-state index in [-0.39, 0.29) is 35.1 Å². The van der Waals surface area contributed by atoms with E-state index in [2.05, 4.69) is 10.2 Å². The number of aromatic nitrogens is 2. The highest BCUT2D eigenvalue weighted by Gasteiger charge is 2.50. The van der Waals surface area contributed by atoms with Gasteiger partial charge < -0.3 is 23.4 Å². The van der Waals surface area contributed by atoms with E-state index in [0.29, 0.717) is 0 Å². The second kappa shape index (κ2) is 11.7. The summed E-state index contributed by atoms with van der Waals surface area (Å²) in [4.78, 5) is 39.3. The van der Waals surface area contributed by atoms with Crippen LogP contribution in [-0.4, -0.2) is 53.0 Å². The van der Waals surface area contributed by atoms with E-state index in [4.69, 9.17) is 23.4 Å². The van der Waals surface area contributed by atoms with Crippen LogP contribution in [0.3, 0.4) is 0 Å². The molecule has 1 saturated heterocycles. The lowest BCUT2D eigenvalue weighted by Gasteiger charge is -2.39. The summed E-state index contributed by atoms with van der Waals surface area (Å²) in [5, 5.41) is 7.87. The Balaban J connectivity index is 1.50. The molecule has 1 aromatic heterocycles. The molecule has 0 unspecified atom stereocenters. The van der Waals surface area contributed by atoms with Crippen molar-refractivity contribution < 1.29 is 37.7 Å². The second-order valence-corrected chi connectivity index (χ2v) is 8.69. The molecule has 39 heavy (non-hydrogen) atoms. The molecular weight excluding hydrogens is 504 g/mol. The molecule has 4 aromatic rings. The van der Waals surface area contributed by atoms with Gasteiger partial charge in [-0.25, -0.2) is 14.4 Å². The van der Waals surface area contributed by atoms with E-state index in [1.165, 1.54) is 0 Å². The minimum Gasteiger partial charge on any atom is -0.452 e. The van der Waals surface area contributed by atoms with Gasteiger partial charge in [0.25, 0.3) is 0 Å². The number of carbonyl (C=O) groups is 3. The fourth-order valence-corrected chi connectivity index (χ4v) is 4.10. The highest BCUT2D eigenvalue weighted by molar-refractivity contribution is 5.91. The Labute approximate surface area is 223 Å². The normalized spacial score (nSPS) is 20.5. The van der Waals surface area contributed by atoms with E-state index in [1.807, 2.05) is 0 Å². The zero-order valence-electron chi connectivity index (χ0n) is 20.8. The van der Waals surface area contributed by atoms with Crippen molar-refractivity contribution in [2.24, 2.45) is 0 Å². The summed E-state index contributed by atoms with van der Waals surface area (Å²) in [5.41, 5.74) is 0.808. The van der Waals surface area contributed by atoms with Gasteiger partial charge in [0.05, 0.1) is 23.3 Å². The van der Waals surface area contributed by atoms with E-state index in [9.17, 15) is 14.4 Å². The minimum absolute atomic E-state index is 0.0203. The SMILES string of the molecule is Cc1nnc([C@@H]2OC[C@H](OC(=O)c3ccccc3)[C@@H](OC(=O)c3ccccc3)[C@H]2OC(=O)c2ccccc2)o1. The first kappa shape index (κ1) is 25.8. The van der Waals surface area contributed by atoms with Gasteiger partial charge in [0.2, 0.25) is 11.8 Å². The fraction of sp³-hybridized carbons (Fsp3) is 0.207. The van der Waals surface area contributed by atoms with Crippen LogP contribution in [0, 0.1) is 6.92 Å². The lowest BCUT2D eigenvalue weighted by molar-refractivity contribution is -0.197. The van der Waals surface area contributed by atoms with Crippen molar-refractivity contribution in [3.8, 4) is 0 Å². The maximum atomic E-state index is 13.2. The summed E-state index contributed by atoms with van der Waals surface area (Å²) in [6.45, 7) is 1.40. The van der Waals surface area contributed by atoms with Gasteiger partial charge in [-0.15, -0.1) is 10.2 Å². The van der Waals surface area contributed by atoms with Crippen molar-refractivity contribution in [1.29, 1.82) is 0 Å². The first-order valence-corrected chi connectivity index (χ1v) is 12.2. The van der Waals surface area contributed by atoms with Crippen molar-refractivity contribution >= 4 is 17.9 Å². The number of rotatable bonds is 7. The molecule has 0 aliphatic carbocycles. The van der Waals surface area contributed by atoms with Crippen molar-refractivity contribution in [2.45, 2.75) is 31.3 Å². The molecule has 0 saturated carbocycles. The quantitative estimate of drug-likeness (QED) is 0.255. The topological polar surface area (TPSA) is 127 Å². The first-order valence-electron chi connectivity index (χ1n) is 12.2. The monoisotopic (exact) mass is 528 g/mol. The van der Waals surface area contributed by atoms with Crippen LogP contribution >= 0.6 is 0 Å². The van der Waals surface area contributed by atoms with E-state index in [1.54, 1.807) is 97.9 Å². The Bertz CT molecular complexity index is 1430. The smallest absolute Gasteiger partial charge is 0.338 e. The number of ether oxygens (including phenoxy) is 4. The Morgan fingerprint density at radius 3 is 1.59 bits per heavy atom. The molecule has 4 atom stereocenters. The predicted molar refractivity (Wildman–Crippen MR) is 135 cm³/mol. The Kier molecular flexibility index (Phi) is 7.74. The molecule has 2 heterocycles. The van der Waals surface area contributed by atoms with Crippen molar-refractivity contribution in [3.63, 3.8) is 0 Å². The maximum absolute atomic E-state index is 13.2. The summed E-state index contributed by atoms with van der Waals surface area (Å²) < 4.78 is 29.0. The van der Waals surface area contributed by atoms with E-state index in [0.717, 1.165) is 0 Å². The fourth-order valence-electron chi connectivity index (χ4n) is 4.10. The molecule has 5 rings (SSSR count). The maximum Gasteiger partial charge on any atom is 0.338 e. The molecule has 0 amide bonds. The van der Waals surface area contributed by atoms with Gasteiger partial charge in [0, 0.05) is 6.92 Å². The van der Waals surface area contributed by atoms with Gasteiger partial charge in [0.1, 0.15) is 0 Å². The van der Waals surface area contributed by atoms with Crippen LogP contribution in [0.4, 0.5) is 0 Å². The van der Waals surface area contributed by atoms with Crippen LogP contribution in [0.1, 0.15) is 49.0 Å². The van der Waals surface area contributed by atoms with Crippen molar-refractivity contribution in [1.82, 2.24) is 10.2 Å². The third kappa shape index (κ3) is 6.02. The second-order valence-electron chi connectivity index (χ2n) is 8.69. The standard InChI is InChI=1S/C29H24N2O8/c1-18-30-31-26(36-18)25-24(39-29(34)21-15-9-4-10-16-21)23(38-28(33)20-13-7-3-8-14-20)22(17-35-25)37-27(32)19-11-5-2-6-12-19/h2-16,22-25H,17H2,1H3/t22-,23+,24+,25+/m0/s1. The molecule has 0 N–H and O–H groups in total. The van der Waals surface area contributed by atoms with Gasteiger partial charge >= 0.3 is 17.9 Å². The average Bonchev–Trinajstić information content (AvgIpc) is 3.41. The number of hydrogen-bond acceptors (Lipinski definition) is 10. The molecule has 10 nitrogen and oxygen atoms in total. The lowest BCUT2D eigenvalue weighted by Crippen LogP contribution is -2.54. The van der Waals surface area contributed by atoms with Crippen LogP contribution < -0.4 is 0 Å². The third-order valence-electron chi connectivity index (χ3n) is 5.99. The van der Waals surface area contributed by atoms with Crippen LogP contribution in [-0.2, 0) is 18.9 Å².